The molecular formula is C12H21NO4. The summed E-state index contributed by atoms with van der Waals surface area (Å²) in [5, 5.41) is 2.99. The predicted molar refractivity (Wildman–Crippen MR) is 62.4 cm³/mol. The molecule has 1 fully saturated rings. The van der Waals surface area contributed by atoms with E-state index >= 15 is 0 Å². The van der Waals surface area contributed by atoms with Crippen molar-refractivity contribution in [1.82, 2.24) is 5.32 Å². The zero-order valence-electron chi connectivity index (χ0n) is 10.9. The molecule has 0 bridgehead atoms. The molecule has 1 heterocycles. The molecule has 0 spiro atoms. The molecule has 0 saturated carbocycles. The quantitative estimate of drug-likeness (QED) is 0.745. The van der Waals surface area contributed by atoms with Gasteiger partial charge < -0.3 is 14.8 Å². The molecule has 0 unspecified atom stereocenters. The van der Waals surface area contributed by atoms with Gasteiger partial charge in [-0.3, -0.25) is 9.59 Å². The van der Waals surface area contributed by atoms with E-state index in [-0.39, 0.29) is 11.9 Å². The van der Waals surface area contributed by atoms with Crippen LogP contribution in [0.3, 0.4) is 0 Å². The van der Waals surface area contributed by atoms with Gasteiger partial charge in [-0.1, -0.05) is 0 Å². The summed E-state index contributed by atoms with van der Waals surface area (Å²) in [5.41, 5.74) is -0.541. The predicted octanol–water partition coefficient (Wildman–Crippen LogP) is 0.869. The summed E-state index contributed by atoms with van der Waals surface area (Å²) in [6.07, 6.45) is 0.614. The van der Waals surface area contributed by atoms with Gasteiger partial charge >= 0.3 is 11.9 Å². The number of carbonyl (C=O) groups is 2. The van der Waals surface area contributed by atoms with Gasteiger partial charge in [0.2, 0.25) is 0 Å². The maximum atomic E-state index is 11.9. The summed E-state index contributed by atoms with van der Waals surface area (Å²) < 4.78 is 10.2. The average molecular weight is 243 g/mol. The van der Waals surface area contributed by atoms with Crippen LogP contribution in [0.4, 0.5) is 0 Å². The van der Waals surface area contributed by atoms with E-state index in [2.05, 4.69) is 5.32 Å². The second-order valence-electron chi connectivity index (χ2n) is 5.11. The molecule has 5 heteroatoms. The normalized spacial score (nSPS) is 24.5. The molecule has 5 nitrogen and oxygen atoms in total. The second-order valence-corrected chi connectivity index (χ2v) is 5.11. The van der Waals surface area contributed by atoms with E-state index in [0.29, 0.717) is 19.6 Å². The molecule has 0 aromatic rings. The molecule has 1 rings (SSSR count). The molecule has 1 saturated heterocycles. The smallest absolute Gasteiger partial charge is 0.324 e. The highest BCUT2D eigenvalue weighted by atomic mass is 16.6. The Bertz CT molecular complexity index is 295. The molecule has 0 aromatic carbocycles. The van der Waals surface area contributed by atoms with Crippen LogP contribution in [0.2, 0.25) is 0 Å². The van der Waals surface area contributed by atoms with Crippen LogP contribution in [0.1, 0.15) is 34.1 Å². The first-order valence-electron chi connectivity index (χ1n) is 5.98. The van der Waals surface area contributed by atoms with Gasteiger partial charge in [0.25, 0.3) is 0 Å². The molecule has 0 amide bonds. The van der Waals surface area contributed by atoms with Crippen molar-refractivity contribution in [2.45, 2.75) is 45.8 Å². The summed E-state index contributed by atoms with van der Waals surface area (Å²) in [4.78, 5) is 23.5. The van der Waals surface area contributed by atoms with Gasteiger partial charge in [0.1, 0.15) is 11.6 Å². The van der Waals surface area contributed by atoms with Gasteiger partial charge in [0, 0.05) is 0 Å². The molecule has 17 heavy (non-hydrogen) atoms. The fourth-order valence-electron chi connectivity index (χ4n) is 1.82. The van der Waals surface area contributed by atoms with Crippen LogP contribution in [0.15, 0.2) is 0 Å². The topological polar surface area (TPSA) is 64.6 Å². The summed E-state index contributed by atoms with van der Waals surface area (Å²) in [6, 6.07) is -0.576. The first-order valence-corrected chi connectivity index (χ1v) is 5.98. The highest BCUT2D eigenvalue weighted by molar-refractivity contribution is 5.85. The Morgan fingerprint density at radius 1 is 1.29 bits per heavy atom. The van der Waals surface area contributed by atoms with E-state index in [4.69, 9.17) is 9.47 Å². The van der Waals surface area contributed by atoms with Crippen molar-refractivity contribution >= 4 is 11.9 Å². The maximum absolute atomic E-state index is 11.9. The number of nitrogens with one attached hydrogen (secondary N) is 1. The molecule has 98 valence electrons. The Balaban J connectivity index is 2.63. The van der Waals surface area contributed by atoms with E-state index < -0.39 is 17.6 Å². The zero-order chi connectivity index (χ0) is 13.1. The third-order valence-electron chi connectivity index (χ3n) is 2.47. The van der Waals surface area contributed by atoms with Gasteiger partial charge in [-0.05, 0) is 40.7 Å². The fourth-order valence-corrected chi connectivity index (χ4v) is 1.82. The van der Waals surface area contributed by atoms with Gasteiger partial charge in [-0.15, -0.1) is 0 Å². The van der Waals surface area contributed by atoms with Crippen molar-refractivity contribution in [3.8, 4) is 0 Å². The van der Waals surface area contributed by atoms with Crippen LogP contribution in [-0.4, -0.2) is 36.7 Å². The number of rotatable bonds is 3. The minimum Gasteiger partial charge on any atom is -0.466 e. The van der Waals surface area contributed by atoms with Crippen LogP contribution in [0.25, 0.3) is 0 Å². The summed E-state index contributed by atoms with van der Waals surface area (Å²) in [5.74, 6) is -1.13. The average Bonchev–Trinajstić information content (AvgIpc) is 2.63. The van der Waals surface area contributed by atoms with Crippen LogP contribution < -0.4 is 5.32 Å². The third kappa shape index (κ3) is 4.00. The van der Waals surface area contributed by atoms with E-state index in [1.807, 2.05) is 0 Å². The highest BCUT2D eigenvalue weighted by Crippen LogP contribution is 2.20. The summed E-state index contributed by atoms with van der Waals surface area (Å²) in [7, 11) is 0. The maximum Gasteiger partial charge on any atom is 0.324 e. The van der Waals surface area contributed by atoms with Crippen molar-refractivity contribution < 1.29 is 19.1 Å². The molecule has 0 aromatic heterocycles. The monoisotopic (exact) mass is 243 g/mol. The van der Waals surface area contributed by atoms with E-state index in [9.17, 15) is 9.59 Å². The van der Waals surface area contributed by atoms with Crippen LogP contribution in [0.5, 0.6) is 0 Å². The van der Waals surface area contributed by atoms with Gasteiger partial charge in [-0.25, -0.2) is 0 Å². The Morgan fingerprint density at radius 3 is 2.47 bits per heavy atom. The van der Waals surface area contributed by atoms with Crippen LogP contribution >= 0.6 is 0 Å². The standard InChI is InChI=1S/C12H21NO4/c1-5-16-10(14)8-6-7-13-9(8)11(15)17-12(2,3)4/h8-9,13H,5-7H2,1-4H3/t8-,9+/m1/s1. The molecule has 1 N–H and O–H groups in total. The Kier molecular flexibility index (Phi) is 4.51. The number of hydrogen-bond acceptors (Lipinski definition) is 5. The van der Waals surface area contributed by atoms with Crippen molar-refractivity contribution in [2.75, 3.05) is 13.2 Å². The summed E-state index contributed by atoms with van der Waals surface area (Å²) >= 11 is 0. The van der Waals surface area contributed by atoms with Gasteiger partial charge in [0.05, 0.1) is 12.5 Å². The number of carbonyl (C=O) groups excluding carboxylic acids is 2. The van der Waals surface area contributed by atoms with Crippen LogP contribution in [0, 0.1) is 5.92 Å². The molecule has 0 radical (unpaired) electrons. The molecular weight excluding hydrogens is 222 g/mol. The fraction of sp³-hybridized carbons (Fsp3) is 0.833. The third-order valence-corrected chi connectivity index (χ3v) is 2.47. The van der Waals surface area contributed by atoms with E-state index in [1.165, 1.54) is 0 Å². The van der Waals surface area contributed by atoms with Crippen molar-refractivity contribution in [2.24, 2.45) is 5.92 Å². The highest BCUT2D eigenvalue weighted by Gasteiger charge is 2.40. The van der Waals surface area contributed by atoms with Crippen molar-refractivity contribution in [3.63, 3.8) is 0 Å². The largest absolute Gasteiger partial charge is 0.466 e. The van der Waals surface area contributed by atoms with E-state index in [0.717, 1.165) is 0 Å². The van der Waals surface area contributed by atoms with Crippen molar-refractivity contribution in [3.05, 3.63) is 0 Å². The molecule has 2 atom stereocenters. The Hall–Kier alpha value is -1.10. The SMILES string of the molecule is CCOC(=O)[C@@H]1CCN[C@@H]1C(=O)OC(C)(C)C. The van der Waals surface area contributed by atoms with Gasteiger partial charge in [0.15, 0.2) is 0 Å². The lowest BCUT2D eigenvalue weighted by Crippen LogP contribution is -2.43. The first-order chi connectivity index (χ1) is 7.85. The van der Waals surface area contributed by atoms with Crippen molar-refractivity contribution in [1.29, 1.82) is 0 Å². The molecule has 0 aliphatic carbocycles. The number of ether oxygens (including phenoxy) is 2. The number of esters is 2. The Labute approximate surface area is 102 Å². The number of hydrogen-bond donors (Lipinski definition) is 1. The van der Waals surface area contributed by atoms with E-state index in [1.54, 1.807) is 27.7 Å². The molecule has 1 aliphatic heterocycles. The minimum absolute atomic E-state index is 0.326. The van der Waals surface area contributed by atoms with Crippen LogP contribution in [-0.2, 0) is 19.1 Å². The lowest BCUT2D eigenvalue weighted by Gasteiger charge is -2.24. The molecule has 1 aliphatic rings. The Morgan fingerprint density at radius 2 is 1.94 bits per heavy atom. The lowest BCUT2D eigenvalue weighted by molar-refractivity contribution is -0.163. The minimum atomic E-state index is -0.576. The summed E-state index contributed by atoms with van der Waals surface area (Å²) in [6.45, 7) is 8.13. The zero-order valence-corrected chi connectivity index (χ0v) is 10.9. The van der Waals surface area contributed by atoms with Gasteiger partial charge in [-0.2, -0.15) is 0 Å². The first kappa shape index (κ1) is 14.0. The second kappa shape index (κ2) is 5.49. The lowest BCUT2D eigenvalue weighted by atomic mass is 10.0.